The van der Waals surface area contributed by atoms with Crippen molar-refractivity contribution in [1.82, 2.24) is 5.16 Å². The lowest BCUT2D eigenvalue weighted by Gasteiger charge is -2.06. The highest BCUT2D eigenvalue weighted by Gasteiger charge is 2.24. The maximum atomic E-state index is 12.4. The largest absolute Gasteiger partial charge is 0.478 e. The summed E-state index contributed by atoms with van der Waals surface area (Å²) >= 11 is 1.22. The van der Waals surface area contributed by atoms with Gasteiger partial charge in [-0.25, -0.2) is 4.79 Å². The molecule has 2 aromatic heterocycles. The fourth-order valence-electron chi connectivity index (χ4n) is 1.99. The molecular weight excluding hydrogens is 292 g/mol. The maximum Gasteiger partial charge on any atom is 0.338 e. The molecule has 0 aliphatic heterocycles. The molecule has 1 amide bonds. The Labute approximate surface area is 125 Å². The molecule has 6 nitrogen and oxygen atoms in total. The summed E-state index contributed by atoms with van der Waals surface area (Å²) in [6.07, 6.45) is 0. The highest BCUT2D eigenvalue weighted by atomic mass is 32.1. The zero-order valence-electron chi connectivity index (χ0n) is 12.2. The Morgan fingerprint density at radius 1 is 1.38 bits per heavy atom. The zero-order valence-corrected chi connectivity index (χ0v) is 13.0. The summed E-state index contributed by atoms with van der Waals surface area (Å²) in [5, 5.41) is 15.9. The van der Waals surface area contributed by atoms with Crippen molar-refractivity contribution in [2.24, 2.45) is 0 Å². The maximum absolute atomic E-state index is 12.4. The number of nitrogens with zero attached hydrogens (tertiary/aromatic N) is 1. The number of carboxylic acids is 1. The molecule has 112 valence electrons. The molecule has 2 N–H and O–H groups in total. The fourth-order valence-corrected chi connectivity index (χ4v) is 2.89. The number of aryl methyl sites for hydroxylation is 2. The molecule has 21 heavy (non-hydrogen) atoms. The van der Waals surface area contributed by atoms with Gasteiger partial charge >= 0.3 is 5.97 Å². The lowest BCUT2D eigenvalue weighted by Crippen LogP contribution is -2.15. The van der Waals surface area contributed by atoms with Crippen LogP contribution in [0.4, 0.5) is 5.00 Å². The van der Waals surface area contributed by atoms with Gasteiger partial charge in [0, 0.05) is 10.8 Å². The summed E-state index contributed by atoms with van der Waals surface area (Å²) in [4.78, 5) is 24.4. The summed E-state index contributed by atoms with van der Waals surface area (Å²) in [5.74, 6) is -0.964. The van der Waals surface area contributed by atoms with Crippen LogP contribution in [-0.4, -0.2) is 22.1 Å². The minimum atomic E-state index is -1.07. The minimum Gasteiger partial charge on any atom is -0.478 e. The van der Waals surface area contributed by atoms with Crippen molar-refractivity contribution in [3.05, 3.63) is 33.5 Å². The van der Waals surface area contributed by atoms with Crippen LogP contribution in [0.3, 0.4) is 0 Å². The monoisotopic (exact) mass is 308 g/mol. The number of hydrogen-bond acceptors (Lipinski definition) is 5. The molecule has 2 aromatic rings. The first kappa shape index (κ1) is 15.2. The number of hydrogen-bond donors (Lipinski definition) is 2. The summed E-state index contributed by atoms with van der Waals surface area (Å²) in [5.41, 5.74) is 0.944. The second kappa shape index (κ2) is 5.69. The second-order valence-electron chi connectivity index (χ2n) is 5.02. The van der Waals surface area contributed by atoms with Gasteiger partial charge in [0.15, 0.2) is 5.76 Å². The van der Waals surface area contributed by atoms with E-state index in [-0.39, 0.29) is 11.5 Å². The fraction of sp³-hybridized carbons (Fsp3) is 0.357. The molecule has 0 spiro atoms. The van der Waals surface area contributed by atoms with Crippen molar-refractivity contribution >= 4 is 28.2 Å². The molecular formula is C14H16N2O4S. The second-order valence-corrected chi connectivity index (χ2v) is 6.28. The van der Waals surface area contributed by atoms with Crippen LogP contribution in [0, 0.1) is 13.8 Å². The van der Waals surface area contributed by atoms with Crippen LogP contribution in [0.1, 0.15) is 56.8 Å². The van der Waals surface area contributed by atoms with Gasteiger partial charge in [-0.1, -0.05) is 19.0 Å². The van der Waals surface area contributed by atoms with Crippen LogP contribution in [0.2, 0.25) is 0 Å². The number of aromatic carboxylic acids is 1. The zero-order chi connectivity index (χ0) is 15.7. The number of thiophene rings is 1. The van der Waals surface area contributed by atoms with Gasteiger partial charge in [-0.15, -0.1) is 11.3 Å². The van der Waals surface area contributed by atoms with Gasteiger partial charge in [0.05, 0.1) is 11.3 Å². The number of aromatic nitrogens is 1. The number of nitrogens with one attached hydrogen (secondary N) is 1. The van der Waals surface area contributed by atoms with Crippen LogP contribution in [0.25, 0.3) is 0 Å². The molecule has 2 rings (SSSR count). The molecule has 0 atom stereocenters. The topological polar surface area (TPSA) is 92.4 Å². The first-order valence-corrected chi connectivity index (χ1v) is 7.24. The van der Waals surface area contributed by atoms with Crippen molar-refractivity contribution in [2.75, 3.05) is 5.32 Å². The Morgan fingerprint density at radius 3 is 2.62 bits per heavy atom. The molecule has 0 aliphatic rings. The van der Waals surface area contributed by atoms with Gasteiger partial charge in [0.25, 0.3) is 5.91 Å². The lowest BCUT2D eigenvalue weighted by atomic mass is 10.0. The van der Waals surface area contributed by atoms with Crippen molar-refractivity contribution in [3.8, 4) is 0 Å². The lowest BCUT2D eigenvalue weighted by molar-refractivity contribution is 0.0698. The number of anilines is 1. The van der Waals surface area contributed by atoms with E-state index in [9.17, 15) is 9.59 Å². The van der Waals surface area contributed by atoms with E-state index in [0.717, 1.165) is 4.88 Å². The van der Waals surface area contributed by atoms with Crippen molar-refractivity contribution in [3.63, 3.8) is 0 Å². The molecule has 7 heteroatoms. The Bertz CT molecular complexity index is 700. The molecule has 0 saturated heterocycles. The van der Waals surface area contributed by atoms with Crippen LogP contribution in [-0.2, 0) is 0 Å². The van der Waals surface area contributed by atoms with E-state index < -0.39 is 11.9 Å². The van der Waals surface area contributed by atoms with Crippen molar-refractivity contribution < 1.29 is 19.2 Å². The standard InChI is InChI=1S/C14H16N2O4S/c1-6(2)11-10(8(4)16-20-11)12(17)15-13-9(14(18)19)5-7(3)21-13/h5-6H,1-4H3,(H,15,17)(H,18,19). The molecule has 2 heterocycles. The number of carbonyl (C=O) groups excluding carboxylic acids is 1. The average molecular weight is 308 g/mol. The van der Waals surface area contributed by atoms with Crippen LogP contribution in [0.5, 0.6) is 0 Å². The Balaban J connectivity index is 2.35. The van der Waals surface area contributed by atoms with Gasteiger partial charge in [-0.05, 0) is 19.9 Å². The van der Waals surface area contributed by atoms with Crippen molar-refractivity contribution in [1.29, 1.82) is 0 Å². The molecule has 0 fully saturated rings. The van der Waals surface area contributed by atoms with E-state index in [1.165, 1.54) is 17.4 Å². The first-order chi connectivity index (χ1) is 9.81. The third-order valence-electron chi connectivity index (χ3n) is 2.95. The van der Waals surface area contributed by atoms with Crippen LogP contribution >= 0.6 is 11.3 Å². The molecule has 0 aliphatic carbocycles. The van der Waals surface area contributed by atoms with E-state index in [2.05, 4.69) is 10.5 Å². The van der Waals surface area contributed by atoms with Gasteiger partial charge in [-0.3, -0.25) is 4.79 Å². The van der Waals surface area contributed by atoms with E-state index >= 15 is 0 Å². The Kier molecular flexibility index (Phi) is 4.13. The summed E-state index contributed by atoms with van der Waals surface area (Å²) in [6.45, 7) is 7.27. The van der Waals surface area contributed by atoms with Gasteiger partial charge in [-0.2, -0.15) is 0 Å². The smallest absolute Gasteiger partial charge is 0.338 e. The average Bonchev–Trinajstić information content (AvgIpc) is 2.92. The van der Waals surface area contributed by atoms with Gasteiger partial charge < -0.3 is 14.9 Å². The molecule has 0 aromatic carbocycles. The number of rotatable bonds is 4. The van der Waals surface area contributed by atoms with E-state index in [1.807, 2.05) is 13.8 Å². The predicted molar refractivity (Wildman–Crippen MR) is 79.3 cm³/mol. The van der Waals surface area contributed by atoms with Crippen LogP contribution < -0.4 is 5.32 Å². The third-order valence-corrected chi connectivity index (χ3v) is 3.92. The summed E-state index contributed by atoms with van der Waals surface area (Å²) < 4.78 is 5.17. The van der Waals surface area contributed by atoms with Gasteiger partial charge in [0.1, 0.15) is 10.6 Å². The highest BCUT2D eigenvalue weighted by molar-refractivity contribution is 7.16. The summed E-state index contributed by atoms with van der Waals surface area (Å²) in [6, 6.07) is 1.53. The Hall–Kier alpha value is -2.15. The van der Waals surface area contributed by atoms with Crippen molar-refractivity contribution in [2.45, 2.75) is 33.6 Å². The molecule has 0 unspecified atom stereocenters. The number of amides is 1. The minimum absolute atomic E-state index is 0.0102. The molecule has 0 saturated carbocycles. The van der Waals surface area contributed by atoms with E-state index in [1.54, 1.807) is 13.8 Å². The van der Waals surface area contributed by atoms with E-state index in [0.29, 0.717) is 22.0 Å². The number of carbonyl (C=O) groups is 2. The van der Waals surface area contributed by atoms with E-state index in [4.69, 9.17) is 9.63 Å². The number of carboxylic acid groups (broad SMARTS) is 1. The highest BCUT2D eigenvalue weighted by Crippen LogP contribution is 2.29. The molecule has 0 radical (unpaired) electrons. The first-order valence-electron chi connectivity index (χ1n) is 6.42. The molecule has 0 bridgehead atoms. The SMILES string of the molecule is Cc1cc(C(=O)O)c(NC(=O)c2c(C)noc2C(C)C)s1. The summed E-state index contributed by atoms with van der Waals surface area (Å²) in [7, 11) is 0. The Morgan fingerprint density at radius 2 is 2.05 bits per heavy atom. The predicted octanol–water partition coefficient (Wildman–Crippen LogP) is 3.43. The quantitative estimate of drug-likeness (QED) is 0.902. The van der Waals surface area contributed by atoms with Crippen LogP contribution in [0.15, 0.2) is 10.6 Å². The third kappa shape index (κ3) is 2.97. The normalized spacial score (nSPS) is 10.9. The van der Waals surface area contributed by atoms with Gasteiger partial charge in [0.2, 0.25) is 0 Å².